The lowest BCUT2D eigenvalue weighted by Crippen LogP contribution is -2.09. The highest BCUT2D eigenvalue weighted by Crippen LogP contribution is 2.27. The fourth-order valence-electron chi connectivity index (χ4n) is 2.68. The van der Waals surface area contributed by atoms with Crippen molar-refractivity contribution in [3.8, 4) is 17.0 Å². The zero-order valence-electron chi connectivity index (χ0n) is 13.9. The molecule has 0 saturated heterocycles. The molecule has 6 heteroatoms. The Labute approximate surface area is 152 Å². The van der Waals surface area contributed by atoms with Crippen molar-refractivity contribution >= 4 is 23.2 Å². The second-order valence-electron chi connectivity index (χ2n) is 5.67. The van der Waals surface area contributed by atoms with Gasteiger partial charge in [-0.15, -0.1) is 12.4 Å². The number of nitrogens with two attached hydrogens (primary N) is 1. The van der Waals surface area contributed by atoms with Crippen LogP contribution in [0.25, 0.3) is 22.0 Å². The summed E-state index contributed by atoms with van der Waals surface area (Å²) in [5.74, 6) is 0.803. The minimum Gasteiger partial charge on any atom is -0.494 e. The quantitative estimate of drug-likeness (QED) is 0.632. The number of aromatic nitrogens is 2. The summed E-state index contributed by atoms with van der Waals surface area (Å²) in [7, 11) is 0. The van der Waals surface area contributed by atoms with E-state index in [-0.39, 0.29) is 18.0 Å². The Bertz CT molecular complexity index is 880. The third-order valence-electron chi connectivity index (χ3n) is 3.92. The van der Waals surface area contributed by atoms with Crippen LogP contribution >= 0.6 is 12.4 Å². The molecule has 1 aromatic heterocycles. The minimum atomic E-state index is -0.179. The molecule has 0 radical (unpaired) electrons. The average Bonchev–Trinajstić information content (AvgIpc) is 2.62. The molecule has 2 aromatic carbocycles. The smallest absolute Gasteiger partial charge is 0.272 e. The van der Waals surface area contributed by atoms with Crippen LogP contribution < -0.4 is 16.0 Å². The summed E-state index contributed by atoms with van der Waals surface area (Å²) in [5.41, 5.74) is 6.98. The van der Waals surface area contributed by atoms with E-state index in [1.54, 1.807) is 6.07 Å². The molecule has 25 heavy (non-hydrogen) atoms. The van der Waals surface area contributed by atoms with Crippen molar-refractivity contribution in [3.05, 3.63) is 58.9 Å². The predicted octanol–water partition coefficient (Wildman–Crippen LogP) is 3.52. The fourth-order valence-corrected chi connectivity index (χ4v) is 2.68. The molecule has 0 bridgehead atoms. The topological polar surface area (TPSA) is 81.0 Å². The van der Waals surface area contributed by atoms with Crippen LogP contribution in [0, 0.1) is 0 Å². The van der Waals surface area contributed by atoms with Gasteiger partial charge in [0.1, 0.15) is 5.75 Å². The molecule has 0 spiro atoms. The summed E-state index contributed by atoms with van der Waals surface area (Å²) in [4.78, 5) is 11.9. The summed E-state index contributed by atoms with van der Waals surface area (Å²) in [6, 6.07) is 15.3. The van der Waals surface area contributed by atoms with E-state index in [4.69, 9.17) is 10.5 Å². The van der Waals surface area contributed by atoms with Crippen LogP contribution in [0.4, 0.5) is 0 Å². The second kappa shape index (κ2) is 9.20. The molecule has 0 unspecified atom stereocenters. The van der Waals surface area contributed by atoms with Crippen LogP contribution in [0.3, 0.4) is 0 Å². The number of nitrogens with zero attached hydrogens (tertiary/aromatic N) is 1. The first kappa shape index (κ1) is 19.0. The largest absolute Gasteiger partial charge is 0.494 e. The molecule has 0 fully saturated rings. The number of H-pyrrole nitrogens is 1. The van der Waals surface area contributed by atoms with Gasteiger partial charge in [-0.2, -0.15) is 5.10 Å². The van der Waals surface area contributed by atoms with Crippen molar-refractivity contribution in [2.24, 2.45) is 5.73 Å². The molecule has 3 N–H and O–H groups in total. The average molecular weight is 360 g/mol. The standard InChI is InChI=1S/C19H21N3O2.ClH/c20-11-4-1-5-12-24-15-8-6-7-14(13-15)18-16-9-2-3-10-17(16)19(23)22-21-18;/h2-3,6-10,13H,1,4-5,11-12,20H2,(H,22,23);1H. The van der Waals surface area contributed by atoms with Gasteiger partial charge in [-0.05, 0) is 44.0 Å². The molecule has 0 aliphatic heterocycles. The molecule has 0 amide bonds. The van der Waals surface area contributed by atoms with Gasteiger partial charge in [0.05, 0.1) is 17.7 Å². The predicted molar refractivity (Wildman–Crippen MR) is 103 cm³/mol. The lowest BCUT2D eigenvalue weighted by molar-refractivity contribution is 0.306. The van der Waals surface area contributed by atoms with E-state index in [0.29, 0.717) is 12.0 Å². The number of nitrogens with one attached hydrogen (secondary N) is 1. The van der Waals surface area contributed by atoms with E-state index in [1.807, 2.05) is 42.5 Å². The summed E-state index contributed by atoms with van der Waals surface area (Å²) in [5, 5.41) is 8.27. The molecule has 5 nitrogen and oxygen atoms in total. The molecule has 132 valence electrons. The molecule has 1 heterocycles. The number of fused-ring (bicyclic) bond motifs is 1. The normalized spacial score (nSPS) is 10.4. The first-order chi connectivity index (χ1) is 11.8. The Kier molecular flexibility index (Phi) is 6.98. The Morgan fingerprint density at radius 1 is 1.00 bits per heavy atom. The Morgan fingerprint density at radius 2 is 1.80 bits per heavy atom. The summed E-state index contributed by atoms with van der Waals surface area (Å²) in [6.07, 6.45) is 3.08. The lowest BCUT2D eigenvalue weighted by atomic mass is 10.1. The van der Waals surface area contributed by atoms with Gasteiger partial charge in [0.15, 0.2) is 0 Å². The van der Waals surface area contributed by atoms with Gasteiger partial charge in [-0.3, -0.25) is 4.79 Å². The summed E-state index contributed by atoms with van der Waals surface area (Å²) in [6.45, 7) is 1.39. The molecule has 0 aliphatic rings. The monoisotopic (exact) mass is 359 g/mol. The number of aromatic amines is 1. The Balaban J connectivity index is 0.00000225. The zero-order valence-corrected chi connectivity index (χ0v) is 14.7. The number of hydrogen-bond donors (Lipinski definition) is 2. The highest BCUT2D eigenvalue weighted by molar-refractivity contribution is 5.93. The van der Waals surface area contributed by atoms with Crippen molar-refractivity contribution < 1.29 is 4.74 Å². The van der Waals surface area contributed by atoms with E-state index in [2.05, 4.69) is 10.2 Å². The number of rotatable bonds is 7. The lowest BCUT2D eigenvalue weighted by Gasteiger charge is -2.09. The maximum Gasteiger partial charge on any atom is 0.272 e. The molecule has 3 rings (SSSR count). The number of benzene rings is 2. The van der Waals surface area contributed by atoms with Crippen molar-refractivity contribution in [2.75, 3.05) is 13.2 Å². The van der Waals surface area contributed by atoms with Gasteiger partial charge in [0, 0.05) is 10.9 Å². The highest BCUT2D eigenvalue weighted by Gasteiger charge is 2.09. The number of unbranched alkanes of at least 4 members (excludes halogenated alkanes) is 2. The first-order valence-corrected chi connectivity index (χ1v) is 8.20. The maximum absolute atomic E-state index is 11.9. The molecular formula is C19H22ClN3O2. The first-order valence-electron chi connectivity index (χ1n) is 8.20. The fraction of sp³-hybridized carbons (Fsp3) is 0.263. The minimum absolute atomic E-state index is 0. The number of hydrogen-bond acceptors (Lipinski definition) is 4. The van der Waals surface area contributed by atoms with E-state index in [0.717, 1.165) is 48.2 Å². The number of ether oxygens (including phenoxy) is 1. The van der Waals surface area contributed by atoms with Crippen LogP contribution in [0.5, 0.6) is 5.75 Å². The zero-order chi connectivity index (χ0) is 16.8. The number of halogens is 1. The van der Waals surface area contributed by atoms with Crippen molar-refractivity contribution in [1.29, 1.82) is 0 Å². The van der Waals surface area contributed by atoms with E-state index < -0.39 is 0 Å². The molecular weight excluding hydrogens is 338 g/mol. The van der Waals surface area contributed by atoms with Gasteiger partial charge in [-0.1, -0.05) is 30.3 Å². The van der Waals surface area contributed by atoms with Crippen LogP contribution in [-0.4, -0.2) is 23.3 Å². The Hall–Kier alpha value is -2.37. The molecule has 3 aromatic rings. The third-order valence-corrected chi connectivity index (χ3v) is 3.92. The van der Waals surface area contributed by atoms with Gasteiger partial charge in [-0.25, -0.2) is 5.10 Å². The SMILES string of the molecule is Cl.NCCCCCOc1cccc(-c2n[nH]c(=O)c3ccccc23)c1. The van der Waals surface area contributed by atoms with Gasteiger partial charge in [0.25, 0.3) is 5.56 Å². The van der Waals surface area contributed by atoms with Crippen LogP contribution in [0.1, 0.15) is 19.3 Å². The highest BCUT2D eigenvalue weighted by atomic mass is 35.5. The third kappa shape index (κ3) is 4.59. The van der Waals surface area contributed by atoms with Crippen LogP contribution in [0.2, 0.25) is 0 Å². The van der Waals surface area contributed by atoms with Crippen LogP contribution in [-0.2, 0) is 0 Å². The Morgan fingerprint density at radius 3 is 2.60 bits per heavy atom. The van der Waals surface area contributed by atoms with Gasteiger partial charge >= 0.3 is 0 Å². The second-order valence-corrected chi connectivity index (χ2v) is 5.67. The van der Waals surface area contributed by atoms with E-state index >= 15 is 0 Å². The molecule has 0 atom stereocenters. The van der Waals surface area contributed by atoms with Gasteiger partial charge in [0.2, 0.25) is 0 Å². The van der Waals surface area contributed by atoms with Crippen molar-refractivity contribution in [1.82, 2.24) is 10.2 Å². The maximum atomic E-state index is 11.9. The van der Waals surface area contributed by atoms with Crippen molar-refractivity contribution in [2.45, 2.75) is 19.3 Å². The van der Waals surface area contributed by atoms with E-state index in [9.17, 15) is 4.79 Å². The van der Waals surface area contributed by atoms with Crippen LogP contribution in [0.15, 0.2) is 53.3 Å². The molecule has 0 saturated carbocycles. The van der Waals surface area contributed by atoms with E-state index in [1.165, 1.54) is 0 Å². The van der Waals surface area contributed by atoms with Gasteiger partial charge < -0.3 is 10.5 Å². The summed E-state index contributed by atoms with van der Waals surface area (Å²) < 4.78 is 5.81. The molecule has 0 aliphatic carbocycles. The van der Waals surface area contributed by atoms with Crippen molar-refractivity contribution in [3.63, 3.8) is 0 Å². The summed E-state index contributed by atoms with van der Waals surface area (Å²) >= 11 is 0.